The Morgan fingerprint density at radius 3 is 2.60 bits per heavy atom. The van der Waals surface area contributed by atoms with E-state index >= 15 is 0 Å². The van der Waals surface area contributed by atoms with Crippen LogP contribution in [0.5, 0.6) is 0 Å². The number of fused-ring (bicyclic) bond motifs is 1. The van der Waals surface area contributed by atoms with E-state index in [2.05, 4.69) is 10.3 Å². The molecule has 2 N–H and O–H groups in total. The second-order valence-corrected chi connectivity index (χ2v) is 6.47. The topological polar surface area (TPSA) is 44.9 Å². The van der Waals surface area contributed by atoms with Gasteiger partial charge in [0.1, 0.15) is 5.69 Å². The predicted octanol–water partition coefficient (Wildman–Crippen LogP) is 5.10. The third-order valence-corrected chi connectivity index (χ3v) is 4.50. The first-order valence-electron chi connectivity index (χ1n) is 5.89. The molecule has 2 aromatic heterocycles. The first-order chi connectivity index (χ1) is 9.54. The Bertz CT molecular complexity index is 755. The molecule has 3 rings (SSSR count). The second kappa shape index (κ2) is 5.13. The Kier molecular flexibility index (Phi) is 3.46. The molecular formula is C14H10Cl2N2OS. The zero-order valence-electron chi connectivity index (χ0n) is 10.5. The molecule has 6 heteroatoms. The summed E-state index contributed by atoms with van der Waals surface area (Å²) in [4.78, 5) is 16.5. The van der Waals surface area contributed by atoms with Crippen molar-refractivity contribution < 1.29 is 4.79 Å². The molecule has 0 saturated carbocycles. The normalized spacial score (nSPS) is 10.9. The quantitative estimate of drug-likeness (QED) is 0.677. The fourth-order valence-corrected chi connectivity index (χ4v) is 3.38. The molecule has 1 aromatic carbocycles. The average molecular weight is 325 g/mol. The molecular weight excluding hydrogens is 315 g/mol. The van der Waals surface area contributed by atoms with Crippen LogP contribution in [0.1, 0.15) is 15.4 Å². The Labute approximate surface area is 129 Å². The van der Waals surface area contributed by atoms with Gasteiger partial charge in [-0.2, -0.15) is 0 Å². The number of carbonyl (C=O) groups is 1. The van der Waals surface area contributed by atoms with Crippen molar-refractivity contribution in [3.8, 4) is 0 Å². The second-order valence-electron chi connectivity index (χ2n) is 4.37. The Balaban J connectivity index is 1.90. The maximum atomic E-state index is 12.2. The van der Waals surface area contributed by atoms with Crippen molar-refractivity contribution in [2.75, 3.05) is 5.32 Å². The van der Waals surface area contributed by atoms with E-state index in [1.54, 1.807) is 29.5 Å². The van der Waals surface area contributed by atoms with Crippen molar-refractivity contribution in [1.29, 1.82) is 0 Å². The number of anilines is 1. The van der Waals surface area contributed by atoms with Crippen LogP contribution in [0.3, 0.4) is 0 Å². The van der Waals surface area contributed by atoms with Crippen molar-refractivity contribution >= 4 is 56.3 Å². The van der Waals surface area contributed by atoms with Crippen LogP contribution in [0.15, 0.2) is 30.3 Å². The fourth-order valence-electron chi connectivity index (χ4n) is 1.97. The largest absolute Gasteiger partial charge is 0.350 e. The lowest BCUT2D eigenvalue weighted by atomic mass is 10.3. The smallest absolute Gasteiger partial charge is 0.272 e. The minimum Gasteiger partial charge on any atom is -0.350 e. The Hall–Kier alpha value is -1.49. The van der Waals surface area contributed by atoms with Crippen molar-refractivity contribution in [3.63, 3.8) is 0 Å². The van der Waals surface area contributed by atoms with E-state index in [-0.39, 0.29) is 5.91 Å². The molecule has 2 heterocycles. The summed E-state index contributed by atoms with van der Waals surface area (Å²) < 4.78 is 1.05. The summed E-state index contributed by atoms with van der Waals surface area (Å²) in [6, 6.07) is 8.93. The molecule has 20 heavy (non-hydrogen) atoms. The number of hydrogen-bond acceptors (Lipinski definition) is 2. The van der Waals surface area contributed by atoms with Crippen LogP contribution in [0.2, 0.25) is 10.0 Å². The van der Waals surface area contributed by atoms with Gasteiger partial charge in [-0.3, -0.25) is 4.79 Å². The van der Waals surface area contributed by atoms with Gasteiger partial charge in [-0.15, -0.1) is 11.3 Å². The van der Waals surface area contributed by atoms with Gasteiger partial charge in [0.15, 0.2) is 0 Å². The highest BCUT2D eigenvalue weighted by atomic mass is 35.5. The highest BCUT2D eigenvalue weighted by molar-refractivity contribution is 7.19. The lowest BCUT2D eigenvalue weighted by Crippen LogP contribution is -2.12. The van der Waals surface area contributed by atoms with E-state index in [1.165, 1.54) is 4.88 Å². The number of benzene rings is 1. The molecule has 0 aliphatic carbocycles. The maximum absolute atomic E-state index is 12.2. The molecule has 0 aliphatic rings. The van der Waals surface area contributed by atoms with Gasteiger partial charge in [0.2, 0.25) is 0 Å². The molecule has 0 atom stereocenters. The molecule has 1 amide bonds. The molecule has 0 fully saturated rings. The summed E-state index contributed by atoms with van der Waals surface area (Å²) in [5, 5.41) is 3.55. The molecule has 3 aromatic rings. The van der Waals surface area contributed by atoms with E-state index in [9.17, 15) is 4.79 Å². The van der Waals surface area contributed by atoms with Gasteiger partial charge in [0.05, 0.1) is 25.9 Å². The lowest BCUT2D eigenvalue weighted by molar-refractivity contribution is 0.102. The molecule has 0 spiro atoms. The number of para-hydroxylation sites is 1. The van der Waals surface area contributed by atoms with Gasteiger partial charge in [-0.05, 0) is 31.2 Å². The molecule has 0 aliphatic heterocycles. The first kappa shape index (κ1) is 13.5. The van der Waals surface area contributed by atoms with Gasteiger partial charge in [-0.1, -0.05) is 29.3 Å². The Morgan fingerprint density at radius 2 is 1.95 bits per heavy atom. The monoisotopic (exact) mass is 324 g/mol. The highest BCUT2D eigenvalue weighted by Crippen LogP contribution is 2.31. The van der Waals surface area contributed by atoms with Crippen LogP contribution in [-0.4, -0.2) is 10.9 Å². The minimum absolute atomic E-state index is 0.263. The number of carbonyl (C=O) groups excluding carboxylic acids is 1. The number of aromatic nitrogens is 1. The van der Waals surface area contributed by atoms with Crippen LogP contribution in [-0.2, 0) is 0 Å². The summed E-state index contributed by atoms with van der Waals surface area (Å²) in [6.45, 7) is 2.03. The average Bonchev–Trinajstić information content (AvgIpc) is 2.91. The summed E-state index contributed by atoms with van der Waals surface area (Å²) in [6.07, 6.45) is 0. The zero-order valence-corrected chi connectivity index (χ0v) is 12.8. The van der Waals surface area contributed by atoms with E-state index < -0.39 is 0 Å². The fraction of sp³-hybridized carbons (Fsp3) is 0.0714. The highest BCUT2D eigenvalue weighted by Gasteiger charge is 2.14. The van der Waals surface area contributed by atoms with Gasteiger partial charge in [-0.25, -0.2) is 0 Å². The van der Waals surface area contributed by atoms with Crippen LogP contribution in [0, 0.1) is 6.92 Å². The summed E-state index contributed by atoms with van der Waals surface area (Å²) in [7, 11) is 0. The zero-order chi connectivity index (χ0) is 14.3. The summed E-state index contributed by atoms with van der Waals surface area (Å²) >= 11 is 13.7. The number of rotatable bonds is 2. The number of nitrogens with one attached hydrogen (secondary N) is 2. The van der Waals surface area contributed by atoms with Crippen molar-refractivity contribution in [2.24, 2.45) is 0 Å². The molecule has 0 radical (unpaired) electrons. The van der Waals surface area contributed by atoms with Gasteiger partial charge < -0.3 is 10.3 Å². The van der Waals surface area contributed by atoms with Gasteiger partial charge in [0, 0.05) is 4.88 Å². The summed E-state index contributed by atoms with van der Waals surface area (Å²) in [5.74, 6) is -0.263. The van der Waals surface area contributed by atoms with E-state index in [4.69, 9.17) is 23.2 Å². The van der Waals surface area contributed by atoms with Crippen LogP contribution in [0.25, 0.3) is 10.2 Å². The first-order valence-corrected chi connectivity index (χ1v) is 7.46. The number of thiophene rings is 1. The van der Waals surface area contributed by atoms with Crippen molar-refractivity contribution in [3.05, 3.63) is 50.9 Å². The molecule has 3 nitrogen and oxygen atoms in total. The molecule has 102 valence electrons. The van der Waals surface area contributed by atoms with E-state index in [1.807, 2.05) is 19.1 Å². The number of H-pyrrole nitrogens is 1. The van der Waals surface area contributed by atoms with Crippen LogP contribution < -0.4 is 5.32 Å². The van der Waals surface area contributed by atoms with Crippen molar-refractivity contribution in [2.45, 2.75) is 6.92 Å². The number of aromatic amines is 1. The minimum atomic E-state index is -0.263. The maximum Gasteiger partial charge on any atom is 0.272 e. The van der Waals surface area contributed by atoms with Gasteiger partial charge >= 0.3 is 0 Å². The van der Waals surface area contributed by atoms with Crippen molar-refractivity contribution in [1.82, 2.24) is 4.98 Å². The van der Waals surface area contributed by atoms with Crippen LogP contribution in [0.4, 0.5) is 5.69 Å². The van der Waals surface area contributed by atoms with E-state index in [0.29, 0.717) is 21.4 Å². The van der Waals surface area contributed by atoms with Gasteiger partial charge in [0.25, 0.3) is 5.91 Å². The lowest BCUT2D eigenvalue weighted by Gasteiger charge is -2.07. The number of amides is 1. The number of hydrogen-bond donors (Lipinski definition) is 2. The van der Waals surface area contributed by atoms with Crippen LogP contribution >= 0.6 is 34.5 Å². The Morgan fingerprint density at radius 1 is 1.25 bits per heavy atom. The van der Waals surface area contributed by atoms with E-state index in [0.717, 1.165) is 10.2 Å². The third-order valence-electron chi connectivity index (χ3n) is 2.87. The molecule has 0 bridgehead atoms. The summed E-state index contributed by atoms with van der Waals surface area (Å²) in [5.41, 5.74) is 1.88. The third kappa shape index (κ3) is 2.42. The predicted molar refractivity (Wildman–Crippen MR) is 85.3 cm³/mol. The standard InChI is InChI=1S/C14H10Cl2N2OS/c1-7-5-10-12(20-7)6-11(17-10)14(19)18-13-8(15)3-2-4-9(13)16/h2-6,17H,1H3,(H,18,19). The number of halogens is 2. The molecule has 0 saturated heterocycles. The molecule has 0 unspecified atom stereocenters. The SMILES string of the molecule is Cc1cc2[nH]c(C(=O)Nc3c(Cl)cccc3Cl)cc2s1. The number of aryl methyl sites for hydroxylation is 1.